The summed E-state index contributed by atoms with van der Waals surface area (Å²) >= 11 is 0. The lowest BCUT2D eigenvalue weighted by Crippen LogP contribution is -2.45. The van der Waals surface area contributed by atoms with Crippen LogP contribution in [0.4, 0.5) is 0 Å². The van der Waals surface area contributed by atoms with Crippen molar-refractivity contribution < 1.29 is 14.3 Å². The van der Waals surface area contributed by atoms with E-state index in [1.54, 1.807) is 15.8 Å². The summed E-state index contributed by atoms with van der Waals surface area (Å²) in [6.45, 7) is 3.93. The Hall–Kier alpha value is -1.96. The number of carbonyl (C=O) groups excluding carboxylic acids is 2. The van der Waals surface area contributed by atoms with Crippen molar-refractivity contribution in [3.05, 3.63) is 11.9 Å². The second-order valence-corrected chi connectivity index (χ2v) is 7.52. The lowest BCUT2D eigenvalue weighted by molar-refractivity contribution is -0.136. The van der Waals surface area contributed by atoms with Crippen molar-refractivity contribution >= 4 is 11.8 Å². The fraction of sp³-hybridized carbons (Fsp3) is 0.778. The van der Waals surface area contributed by atoms with Crippen LogP contribution in [0.2, 0.25) is 0 Å². The van der Waals surface area contributed by atoms with Crippen molar-refractivity contribution in [1.82, 2.24) is 24.8 Å². The predicted octanol–water partition coefficient (Wildman–Crippen LogP) is 0.932. The Bertz CT molecular complexity index is 651. The summed E-state index contributed by atoms with van der Waals surface area (Å²) in [5.74, 6) is 0.541. The molecule has 0 bridgehead atoms. The van der Waals surface area contributed by atoms with Crippen molar-refractivity contribution in [2.24, 2.45) is 5.92 Å². The molecule has 1 unspecified atom stereocenters. The maximum Gasteiger partial charge on any atom is 0.276 e. The summed E-state index contributed by atoms with van der Waals surface area (Å²) in [7, 11) is 0. The number of ether oxygens (including phenoxy) is 1. The molecule has 3 heterocycles. The molecular weight excluding hydrogens is 334 g/mol. The van der Waals surface area contributed by atoms with Crippen LogP contribution in [0.15, 0.2) is 6.20 Å². The first-order valence-corrected chi connectivity index (χ1v) is 9.80. The van der Waals surface area contributed by atoms with Gasteiger partial charge in [0.15, 0.2) is 5.69 Å². The number of amides is 2. The highest BCUT2D eigenvalue weighted by Gasteiger charge is 2.37. The molecule has 3 aliphatic rings. The molecule has 1 aromatic heterocycles. The Balaban J connectivity index is 1.33. The highest BCUT2D eigenvalue weighted by Crippen LogP contribution is 2.33. The number of aryl methyl sites for hydroxylation is 1. The molecule has 1 atom stereocenters. The van der Waals surface area contributed by atoms with Crippen molar-refractivity contribution in [2.75, 3.05) is 32.8 Å². The van der Waals surface area contributed by atoms with E-state index in [4.69, 9.17) is 4.74 Å². The van der Waals surface area contributed by atoms with Crippen LogP contribution < -0.4 is 0 Å². The van der Waals surface area contributed by atoms with Crippen LogP contribution >= 0.6 is 0 Å². The van der Waals surface area contributed by atoms with Crippen molar-refractivity contribution in [3.63, 3.8) is 0 Å². The number of aromatic nitrogens is 3. The molecule has 3 fully saturated rings. The number of nitrogens with zero attached hydrogens (tertiary/aromatic N) is 5. The van der Waals surface area contributed by atoms with Gasteiger partial charge in [0.1, 0.15) is 0 Å². The van der Waals surface area contributed by atoms with E-state index in [2.05, 4.69) is 15.2 Å². The van der Waals surface area contributed by atoms with Crippen LogP contribution in [0.5, 0.6) is 0 Å². The van der Waals surface area contributed by atoms with Gasteiger partial charge in [0.05, 0.1) is 19.4 Å². The zero-order chi connectivity index (χ0) is 17.9. The second-order valence-electron chi connectivity index (χ2n) is 7.52. The number of hydrogen-bond acceptors (Lipinski definition) is 5. The monoisotopic (exact) mass is 361 g/mol. The van der Waals surface area contributed by atoms with Gasteiger partial charge in [-0.2, -0.15) is 0 Å². The minimum atomic E-state index is -0.0808. The van der Waals surface area contributed by atoms with Gasteiger partial charge in [0.25, 0.3) is 5.91 Å². The van der Waals surface area contributed by atoms with Gasteiger partial charge in [0.2, 0.25) is 5.91 Å². The summed E-state index contributed by atoms with van der Waals surface area (Å²) in [5, 5.41) is 8.17. The van der Waals surface area contributed by atoms with E-state index in [1.807, 2.05) is 0 Å². The highest BCUT2D eigenvalue weighted by molar-refractivity contribution is 5.92. The maximum atomic E-state index is 12.5. The summed E-state index contributed by atoms with van der Waals surface area (Å²) in [6.07, 6.45) is 8.05. The fourth-order valence-corrected chi connectivity index (χ4v) is 3.87. The second kappa shape index (κ2) is 7.73. The van der Waals surface area contributed by atoms with Gasteiger partial charge >= 0.3 is 0 Å². The Labute approximate surface area is 153 Å². The van der Waals surface area contributed by atoms with Crippen LogP contribution in [0.25, 0.3) is 0 Å². The third-order valence-electron chi connectivity index (χ3n) is 5.58. The molecule has 26 heavy (non-hydrogen) atoms. The van der Waals surface area contributed by atoms with E-state index < -0.39 is 0 Å². The first-order chi connectivity index (χ1) is 12.7. The van der Waals surface area contributed by atoms with E-state index in [0.29, 0.717) is 50.5 Å². The minimum Gasteiger partial charge on any atom is -0.378 e. The third-order valence-corrected chi connectivity index (χ3v) is 5.58. The maximum absolute atomic E-state index is 12.5. The average Bonchev–Trinajstić information content (AvgIpc) is 3.44. The normalized spacial score (nSPS) is 23.9. The smallest absolute Gasteiger partial charge is 0.276 e. The molecule has 4 rings (SSSR count). The first-order valence-electron chi connectivity index (χ1n) is 9.80. The molecule has 142 valence electrons. The molecule has 1 aromatic rings. The van der Waals surface area contributed by atoms with E-state index in [9.17, 15) is 9.59 Å². The highest BCUT2D eigenvalue weighted by atomic mass is 16.5. The van der Waals surface area contributed by atoms with Gasteiger partial charge in [-0.05, 0) is 38.5 Å². The van der Waals surface area contributed by atoms with Gasteiger partial charge in [-0.1, -0.05) is 5.21 Å². The van der Waals surface area contributed by atoms with Gasteiger partial charge in [-0.25, -0.2) is 0 Å². The largest absolute Gasteiger partial charge is 0.378 e. The zero-order valence-corrected chi connectivity index (χ0v) is 15.2. The third kappa shape index (κ3) is 3.90. The van der Waals surface area contributed by atoms with Crippen LogP contribution in [0.3, 0.4) is 0 Å². The molecule has 0 spiro atoms. The van der Waals surface area contributed by atoms with Gasteiger partial charge in [0, 0.05) is 38.1 Å². The van der Waals surface area contributed by atoms with Crippen molar-refractivity contribution in [3.8, 4) is 0 Å². The Morgan fingerprint density at radius 2 is 1.92 bits per heavy atom. The van der Waals surface area contributed by atoms with Gasteiger partial charge in [-0.3, -0.25) is 14.3 Å². The molecule has 0 aromatic carbocycles. The number of likely N-dealkylation sites (tertiary alicyclic amines) is 1. The number of morpholine rings is 1. The van der Waals surface area contributed by atoms with Crippen molar-refractivity contribution in [2.45, 2.75) is 51.1 Å². The van der Waals surface area contributed by atoms with Crippen LogP contribution in [0, 0.1) is 5.92 Å². The predicted molar refractivity (Wildman–Crippen MR) is 93.4 cm³/mol. The summed E-state index contributed by atoms with van der Waals surface area (Å²) < 4.78 is 7.02. The number of carbonyl (C=O) groups is 2. The van der Waals surface area contributed by atoms with Crippen molar-refractivity contribution in [1.29, 1.82) is 0 Å². The van der Waals surface area contributed by atoms with E-state index in [1.165, 1.54) is 6.42 Å². The summed E-state index contributed by atoms with van der Waals surface area (Å²) in [4.78, 5) is 28.8. The summed E-state index contributed by atoms with van der Waals surface area (Å²) in [5.41, 5.74) is 0.390. The number of hydrogen-bond donors (Lipinski definition) is 0. The van der Waals surface area contributed by atoms with E-state index >= 15 is 0 Å². The average molecular weight is 361 g/mol. The lowest BCUT2D eigenvalue weighted by Gasteiger charge is -2.36. The Morgan fingerprint density at radius 3 is 2.69 bits per heavy atom. The number of piperidine rings is 1. The van der Waals surface area contributed by atoms with Crippen LogP contribution in [-0.4, -0.2) is 75.5 Å². The zero-order valence-electron chi connectivity index (χ0n) is 15.2. The Kier molecular flexibility index (Phi) is 5.19. The molecular formula is C18H27N5O3. The number of rotatable bonds is 5. The molecule has 1 aliphatic carbocycles. The lowest BCUT2D eigenvalue weighted by atomic mass is 9.98. The minimum absolute atomic E-state index is 0.0808. The van der Waals surface area contributed by atoms with Gasteiger partial charge in [-0.15, -0.1) is 5.10 Å². The SMILES string of the molecule is O=C(c1cn(CCC2CCCCN2C(=O)C2CC2)nn1)N1CCOCC1. The summed E-state index contributed by atoms with van der Waals surface area (Å²) in [6, 6.07) is 0.291. The first kappa shape index (κ1) is 17.5. The standard InChI is InChI=1S/C18H27N5O3/c24-17(14-4-5-14)23-7-2-1-3-15(23)6-8-22-13-16(19-20-22)18(25)21-9-11-26-12-10-21/h13-15H,1-12H2. The molecule has 2 aliphatic heterocycles. The molecule has 0 N–H and O–H groups in total. The topological polar surface area (TPSA) is 80.6 Å². The quantitative estimate of drug-likeness (QED) is 0.779. The van der Waals surface area contributed by atoms with Gasteiger partial charge < -0.3 is 14.5 Å². The van der Waals surface area contributed by atoms with E-state index in [0.717, 1.165) is 38.6 Å². The fourth-order valence-electron chi connectivity index (χ4n) is 3.87. The van der Waals surface area contributed by atoms with Crippen LogP contribution in [0.1, 0.15) is 49.0 Å². The Morgan fingerprint density at radius 1 is 1.12 bits per heavy atom. The molecule has 2 saturated heterocycles. The van der Waals surface area contributed by atoms with Crippen LogP contribution in [-0.2, 0) is 16.1 Å². The molecule has 0 radical (unpaired) electrons. The van der Waals surface area contributed by atoms with E-state index in [-0.39, 0.29) is 11.8 Å². The molecule has 8 nitrogen and oxygen atoms in total. The molecule has 8 heteroatoms. The molecule has 2 amide bonds. The molecule has 1 saturated carbocycles.